The molecule has 4 rings (SSSR count). The molecule has 1 spiro atoms. The van der Waals surface area contributed by atoms with Crippen LogP contribution < -0.4 is 0 Å². The van der Waals surface area contributed by atoms with E-state index in [0.717, 1.165) is 32.0 Å². The molecule has 0 radical (unpaired) electrons. The minimum Gasteiger partial charge on any atom is -0.337 e. The van der Waals surface area contributed by atoms with Crippen LogP contribution in [0.25, 0.3) is 0 Å². The molecule has 2 fully saturated rings. The molecule has 3 heterocycles. The van der Waals surface area contributed by atoms with Crippen LogP contribution in [-0.2, 0) is 0 Å². The highest BCUT2D eigenvalue weighted by Crippen LogP contribution is 2.44. The van der Waals surface area contributed by atoms with E-state index < -0.39 is 17.5 Å². The maximum absolute atomic E-state index is 13.9. The molecule has 1 unspecified atom stereocenters. The molecule has 0 aliphatic carbocycles. The molecule has 1 aromatic heterocycles. The minimum atomic E-state index is -0.901. The summed E-state index contributed by atoms with van der Waals surface area (Å²) in [5.41, 5.74) is 1.14. The number of carbonyl (C=O) groups excluding carboxylic acids is 1. The van der Waals surface area contributed by atoms with Crippen molar-refractivity contribution < 1.29 is 13.6 Å². The second kappa shape index (κ2) is 7.00. The lowest BCUT2D eigenvalue weighted by Gasteiger charge is -2.43. The summed E-state index contributed by atoms with van der Waals surface area (Å²) in [4.78, 5) is 20.3. The highest BCUT2D eigenvalue weighted by Gasteiger charge is 2.46. The van der Waals surface area contributed by atoms with Crippen LogP contribution in [0.5, 0.6) is 0 Å². The summed E-state index contributed by atoms with van der Waals surface area (Å²) in [6, 6.07) is 11.3. The predicted octanol–water partition coefficient (Wildman–Crippen LogP) is 3.45. The molecule has 0 N–H and O–H groups in total. The van der Waals surface area contributed by atoms with E-state index in [1.807, 2.05) is 6.07 Å². The first-order valence-electron chi connectivity index (χ1n) is 9.35. The lowest BCUT2D eigenvalue weighted by atomic mass is 9.81. The Morgan fingerprint density at radius 3 is 2.56 bits per heavy atom. The molecule has 1 amide bonds. The smallest absolute Gasteiger partial charge is 0.275 e. The largest absolute Gasteiger partial charge is 0.337 e. The van der Waals surface area contributed by atoms with E-state index in [0.29, 0.717) is 25.1 Å². The van der Waals surface area contributed by atoms with Gasteiger partial charge in [0.25, 0.3) is 5.91 Å². The van der Waals surface area contributed by atoms with Gasteiger partial charge in [-0.15, -0.1) is 0 Å². The first-order chi connectivity index (χ1) is 13.0. The molecule has 6 heteroatoms. The highest BCUT2D eigenvalue weighted by molar-refractivity contribution is 5.92. The van der Waals surface area contributed by atoms with Gasteiger partial charge in [-0.1, -0.05) is 30.3 Å². The maximum Gasteiger partial charge on any atom is 0.275 e. The number of hydrogen-bond acceptors (Lipinski definition) is 3. The molecule has 2 saturated heterocycles. The van der Waals surface area contributed by atoms with Crippen molar-refractivity contribution >= 4 is 5.91 Å². The second-order valence-corrected chi connectivity index (χ2v) is 7.69. The Labute approximate surface area is 157 Å². The van der Waals surface area contributed by atoms with E-state index in [-0.39, 0.29) is 11.2 Å². The number of rotatable bonds is 2. The van der Waals surface area contributed by atoms with Crippen LogP contribution in [0, 0.1) is 11.6 Å². The Balaban J connectivity index is 1.44. The Morgan fingerprint density at radius 2 is 1.89 bits per heavy atom. The van der Waals surface area contributed by atoms with E-state index in [9.17, 15) is 13.6 Å². The summed E-state index contributed by atoms with van der Waals surface area (Å²) in [6.07, 6.45) is 3.65. The van der Waals surface area contributed by atoms with Crippen LogP contribution in [0.4, 0.5) is 8.78 Å². The van der Waals surface area contributed by atoms with Gasteiger partial charge < -0.3 is 4.90 Å². The molecule has 1 aromatic carbocycles. The summed E-state index contributed by atoms with van der Waals surface area (Å²) < 4.78 is 26.9. The standard InChI is InChI=1S/C21H23F2N3O/c1-25-14-16(15-5-3-2-4-6-15)12-21(25)7-9-26(10-8-21)20(27)19-18(23)11-17(22)13-24-19/h2-6,11,13,16H,7-10,12,14H2,1H3. The lowest BCUT2D eigenvalue weighted by Crippen LogP contribution is -2.52. The molecule has 2 aliphatic heterocycles. The number of likely N-dealkylation sites (tertiary alicyclic amines) is 2. The van der Waals surface area contributed by atoms with Gasteiger partial charge in [-0.25, -0.2) is 13.8 Å². The zero-order valence-electron chi connectivity index (χ0n) is 15.4. The summed E-state index contributed by atoms with van der Waals surface area (Å²) in [5.74, 6) is -1.64. The fraction of sp³-hybridized carbons (Fsp3) is 0.429. The van der Waals surface area contributed by atoms with Crippen LogP contribution in [-0.4, -0.2) is 52.9 Å². The van der Waals surface area contributed by atoms with Crippen molar-refractivity contribution in [2.75, 3.05) is 26.7 Å². The molecule has 1 atom stereocenters. The van der Waals surface area contributed by atoms with Crippen LogP contribution in [0.1, 0.15) is 41.2 Å². The first-order valence-corrected chi connectivity index (χ1v) is 9.35. The van der Waals surface area contributed by atoms with Crippen molar-refractivity contribution in [2.24, 2.45) is 0 Å². The average Bonchev–Trinajstić information content (AvgIpc) is 2.99. The molecule has 27 heavy (non-hydrogen) atoms. The first kappa shape index (κ1) is 18.0. The molecule has 0 saturated carbocycles. The normalized spacial score (nSPS) is 22.3. The molecular formula is C21H23F2N3O. The molecule has 142 valence electrons. The quantitative estimate of drug-likeness (QED) is 0.811. The number of piperidine rings is 1. The third-order valence-electron chi connectivity index (χ3n) is 6.19. The SMILES string of the molecule is CN1CC(c2ccccc2)CC12CCN(C(=O)c1ncc(F)cc1F)CC2. The highest BCUT2D eigenvalue weighted by atomic mass is 19.1. The van der Waals surface area contributed by atoms with E-state index in [1.165, 1.54) is 5.56 Å². The third kappa shape index (κ3) is 3.34. The molecule has 2 aromatic rings. The molecule has 0 bridgehead atoms. The zero-order chi connectivity index (χ0) is 19.0. The third-order valence-corrected chi connectivity index (χ3v) is 6.19. The van der Waals surface area contributed by atoms with Crippen molar-refractivity contribution in [3.05, 3.63) is 65.5 Å². The number of aromatic nitrogens is 1. The minimum absolute atomic E-state index is 0.0755. The van der Waals surface area contributed by atoms with Crippen LogP contribution >= 0.6 is 0 Å². The van der Waals surface area contributed by atoms with Crippen LogP contribution in [0.15, 0.2) is 42.6 Å². The summed E-state index contributed by atoms with van der Waals surface area (Å²) in [6.45, 7) is 2.12. The van der Waals surface area contributed by atoms with Crippen LogP contribution in [0.2, 0.25) is 0 Å². The van der Waals surface area contributed by atoms with Crippen molar-refractivity contribution in [2.45, 2.75) is 30.7 Å². The van der Waals surface area contributed by atoms with Gasteiger partial charge in [-0.05, 0) is 37.8 Å². The molecular weight excluding hydrogens is 348 g/mol. The maximum atomic E-state index is 13.9. The monoisotopic (exact) mass is 371 g/mol. The van der Waals surface area contributed by atoms with E-state index in [2.05, 4.69) is 41.2 Å². The number of amides is 1. The van der Waals surface area contributed by atoms with Crippen molar-refractivity contribution in [3.63, 3.8) is 0 Å². The number of hydrogen-bond donors (Lipinski definition) is 0. The zero-order valence-corrected chi connectivity index (χ0v) is 15.4. The summed E-state index contributed by atoms with van der Waals surface area (Å²) >= 11 is 0. The molecule has 4 nitrogen and oxygen atoms in total. The van der Waals surface area contributed by atoms with Gasteiger partial charge in [-0.3, -0.25) is 9.69 Å². The number of likely N-dealkylation sites (N-methyl/N-ethyl adjacent to an activating group) is 1. The number of benzene rings is 1. The summed E-state index contributed by atoms with van der Waals surface area (Å²) in [5, 5.41) is 0. The van der Waals surface area contributed by atoms with Crippen LogP contribution in [0.3, 0.4) is 0 Å². The van der Waals surface area contributed by atoms with Crippen molar-refractivity contribution in [1.82, 2.24) is 14.8 Å². The Bertz CT molecular complexity index is 835. The lowest BCUT2D eigenvalue weighted by molar-refractivity contribution is 0.0483. The van der Waals surface area contributed by atoms with Gasteiger partial charge in [0.05, 0.1) is 6.20 Å². The van der Waals surface area contributed by atoms with Crippen molar-refractivity contribution in [3.8, 4) is 0 Å². The topological polar surface area (TPSA) is 36.4 Å². The van der Waals surface area contributed by atoms with E-state index >= 15 is 0 Å². The van der Waals surface area contributed by atoms with Gasteiger partial charge >= 0.3 is 0 Å². The fourth-order valence-corrected chi connectivity index (χ4v) is 4.59. The van der Waals surface area contributed by atoms with Gasteiger partial charge in [0.15, 0.2) is 11.5 Å². The van der Waals surface area contributed by atoms with Gasteiger partial charge in [0.1, 0.15) is 5.82 Å². The van der Waals surface area contributed by atoms with E-state index in [1.54, 1.807) is 4.90 Å². The van der Waals surface area contributed by atoms with E-state index in [4.69, 9.17) is 0 Å². The number of carbonyl (C=O) groups is 1. The Kier molecular flexibility index (Phi) is 4.68. The summed E-state index contributed by atoms with van der Waals surface area (Å²) in [7, 11) is 2.15. The fourth-order valence-electron chi connectivity index (χ4n) is 4.59. The van der Waals surface area contributed by atoms with Crippen molar-refractivity contribution in [1.29, 1.82) is 0 Å². The number of halogens is 2. The Hall–Kier alpha value is -2.34. The number of nitrogens with zero attached hydrogens (tertiary/aromatic N) is 3. The predicted molar refractivity (Wildman–Crippen MR) is 98.5 cm³/mol. The average molecular weight is 371 g/mol. The number of pyridine rings is 1. The van der Waals surface area contributed by atoms with Gasteiger partial charge in [-0.2, -0.15) is 0 Å². The Morgan fingerprint density at radius 1 is 1.19 bits per heavy atom. The second-order valence-electron chi connectivity index (χ2n) is 7.69. The molecule has 2 aliphatic rings. The van der Waals surface area contributed by atoms with Gasteiger partial charge in [0, 0.05) is 31.2 Å². The van der Waals surface area contributed by atoms with Gasteiger partial charge in [0.2, 0.25) is 0 Å².